The second-order valence-corrected chi connectivity index (χ2v) is 5.38. The predicted octanol–water partition coefficient (Wildman–Crippen LogP) is 0.826. The van der Waals surface area contributed by atoms with E-state index >= 15 is 0 Å². The Kier molecular flexibility index (Phi) is 2.48. The molecule has 2 bridgehead atoms. The third kappa shape index (κ3) is 1.50. The first-order valence-electron chi connectivity index (χ1n) is 6.20. The van der Waals surface area contributed by atoms with E-state index in [0.717, 1.165) is 12.8 Å². The van der Waals surface area contributed by atoms with Crippen molar-refractivity contribution in [2.24, 2.45) is 11.8 Å². The van der Waals surface area contributed by atoms with Gasteiger partial charge in [0.05, 0.1) is 18.6 Å². The minimum atomic E-state index is -0.521. The van der Waals surface area contributed by atoms with Crippen LogP contribution in [0, 0.1) is 11.8 Å². The molecule has 0 aromatic carbocycles. The molecule has 0 amide bonds. The van der Waals surface area contributed by atoms with Gasteiger partial charge in [-0.25, -0.2) is 4.79 Å². The fraction of sp³-hybridized carbons (Fsp3) is 0.692. The number of esters is 2. The van der Waals surface area contributed by atoms with Crippen molar-refractivity contribution in [2.75, 3.05) is 13.2 Å². The molecule has 3 saturated heterocycles. The molecule has 4 unspecified atom stereocenters. The van der Waals surface area contributed by atoms with Gasteiger partial charge in [0.1, 0.15) is 12.2 Å². The number of ether oxygens (including phenoxy) is 3. The number of carbonyl (C=O) groups excluding carboxylic acids is 2. The molecule has 0 saturated carbocycles. The van der Waals surface area contributed by atoms with Gasteiger partial charge in [0, 0.05) is 11.5 Å². The Labute approximate surface area is 105 Å². The van der Waals surface area contributed by atoms with Gasteiger partial charge in [-0.15, -0.1) is 0 Å². The minimum absolute atomic E-state index is 0.0293. The minimum Gasteiger partial charge on any atom is -0.465 e. The van der Waals surface area contributed by atoms with Crippen LogP contribution in [0.2, 0.25) is 0 Å². The summed E-state index contributed by atoms with van der Waals surface area (Å²) in [6.45, 7) is 5.72. The van der Waals surface area contributed by atoms with Crippen LogP contribution in [0.15, 0.2) is 12.2 Å². The van der Waals surface area contributed by atoms with Crippen LogP contribution in [-0.4, -0.2) is 36.9 Å². The predicted molar refractivity (Wildman–Crippen MR) is 60.6 cm³/mol. The Bertz CT molecular complexity index is 429. The highest BCUT2D eigenvalue weighted by atomic mass is 16.6. The number of hydrogen-bond donors (Lipinski definition) is 0. The summed E-state index contributed by atoms with van der Waals surface area (Å²) in [4.78, 5) is 23.1. The van der Waals surface area contributed by atoms with Crippen LogP contribution in [-0.2, 0) is 23.8 Å². The smallest absolute Gasteiger partial charge is 0.333 e. The molecule has 18 heavy (non-hydrogen) atoms. The second-order valence-electron chi connectivity index (χ2n) is 5.38. The van der Waals surface area contributed by atoms with Gasteiger partial charge >= 0.3 is 11.9 Å². The highest BCUT2D eigenvalue weighted by Gasteiger charge is 2.65. The Morgan fingerprint density at radius 1 is 1.61 bits per heavy atom. The molecule has 0 spiro atoms. The molecular weight excluding hydrogens is 236 g/mol. The van der Waals surface area contributed by atoms with Gasteiger partial charge in [-0.05, 0) is 19.8 Å². The molecule has 4 atom stereocenters. The molecule has 3 aliphatic rings. The first-order chi connectivity index (χ1) is 8.53. The Morgan fingerprint density at radius 3 is 3.11 bits per heavy atom. The summed E-state index contributed by atoms with van der Waals surface area (Å²) < 4.78 is 16.2. The second kappa shape index (κ2) is 3.82. The zero-order valence-electron chi connectivity index (χ0n) is 10.3. The van der Waals surface area contributed by atoms with Crippen molar-refractivity contribution in [3.63, 3.8) is 0 Å². The Morgan fingerprint density at radius 2 is 2.39 bits per heavy atom. The summed E-state index contributed by atoms with van der Waals surface area (Å²) in [5.41, 5.74) is -0.152. The molecule has 0 aromatic rings. The molecule has 3 heterocycles. The molecule has 3 rings (SSSR count). The van der Waals surface area contributed by atoms with E-state index in [1.54, 1.807) is 6.92 Å². The van der Waals surface area contributed by atoms with E-state index in [2.05, 4.69) is 6.58 Å². The third-order valence-corrected chi connectivity index (χ3v) is 4.22. The third-order valence-electron chi connectivity index (χ3n) is 4.22. The summed E-state index contributed by atoms with van der Waals surface area (Å²) in [7, 11) is 0. The van der Waals surface area contributed by atoms with Crippen LogP contribution in [0.25, 0.3) is 0 Å². The largest absolute Gasteiger partial charge is 0.465 e. The molecule has 5 heteroatoms. The summed E-state index contributed by atoms with van der Waals surface area (Å²) >= 11 is 0. The van der Waals surface area contributed by atoms with Crippen LogP contribution in [0.1, 0.15) is 19.8 Å². The van der Waals surface area contributed by atoms with E-state index in [9.17, 15) is 9.59 Å². The Balaban J connectivity index is 1.73. The van der Waals surface area contributed by atoms with Crippen molar-refractivity contribution in [2.45, 2.75) is 31.5 Å². The monoisotopic (exact) mass is 252 g/mol. The summed E-state index contributed by atoms with van der Waals surface area (Å²) in [6, 6.07) is 0. The lowest BCUT2D eigenvalue weighted by Crippen LogP contribution is -2.42. The first-order valence-corrected chi connectivity index (χ1v) is 6.20. The van der Waals surface area contributed by atoms with Crippen LogP contribution < -0.4 is 0 Å². The lowest BCUT2D eigenvalue weighted by molar-refractivity contribution is -0.152. The van der Waals surface area contributed by atoms with Crippen LogP contribution in [0.4, 0.5) is 0 Å². The molecule has 0 N–H and O–H groups in total. The van der Waals surface area contributed by atoms with Crippen molar-refractivity contribution < 1.29 is 23.8 Å². The maximum Gasteiger partial charge on any atom is 0.333 e. The van der Waals surface area contributed by atoms with Crippen molar-refractivity contribution in [3.8, 4) is 0 Å². The zero-order chi connectivity index (χ0) is 12.9. The average Bonchev–Trinajstić information content (AvgIpc) is 2.98. The van der Waals surface area contributed by atoms with Crippen molar-refractivity contribution in [1.29, 1.82) is 0 Å². The van der Waals surface area contributed by atoms with Gasteiger partial charge in [0.25, 0.3) is 0 Å². The molecule has 3 fully saturated rings. The van der Waals surface area contributed by atoms with Gasteiger partial charge in [-0.2, -0.15) is 0 Å². The normalized spacial score (nSPS) is 40.5. The molecule has 5 nitrogen and oxygen atoms in total. The maximum absolute atomic E-state index is 11.6. The van der Waals surface area contributed by atoms with Crippen molar-refractivity contribution in [3.05, 3.63) is 12.2 Å². The van der Waals surface area contributed by atoms with Gasteiger partial charge in [0.15, 0.2) is 0 Å². The topological polar surface area (TPSA) is 61.8 Å². The van der Waals surface area contributed by atoms with E-state index in [1.165, 1.54) is 0 Å². The van der Waals surface area contributed by atoms with E-state index in [4.69, 9.17) is 14.2 Å². The average molecular weight is 252 g/mol. The van der Waals surface area contributed by atoms with Crippen molar-refractivity contribution >= 4 is 11.9 Å². The quantitative estimate of drug-likeness (QED) is 0.550. The number of carbonyl (C=O) groups is 2. The van der Waals surface area contributed by atoms with Crippen LogP contribution in [0.5, 0.6) is 0 Å². The van der Waals surface area contributed by atoms with E-state index in [0.29, 0.717) is 12.2 Å². The summed E-state index contributed by atoms with van der Waals surface area (Å²) in [6.07, 6.45) is 1.59. The number of fused-ring (bicyclic) bond motifs is 5. The zero-order valence-corrected chi connectivity index (χ0v) is 10.3. The standard InChI is InChI=1S/C13H16O5/c1-7(2)11(14)17-6-13-4-3-9(18-13)10-8(13)5-16-12(10)15/h8-10H,1,3-6H2,2H3. The lowest BCUT2D eigenvalue weighted by Gasteiger charge is -2.30. The van der Waals surface area contributed by atoms with Gasteiger partial charge < -0.3 is 14.2 Å². The van der Waals surface area contributed by atoms with Crippen LogP contribution in [0.3, 0.4) is 0 Å². The molecule has 3 aliphatic heterocycles. The highest BCUT2D eigenvalue weighted by molar-refractivity contribution is 5.87. The summed E-state index contributed by atoms with van der Waals surface area (Å²) in [5, 5.41) is 0. The molecule has 98 valence electrons. The number of rotatable bonds is 3. The molecule has 0 aliphatic carbocycles. The van der Waals surface area contributed by atoms with Crippen molar-refractivity contribution in [1.82, 2.24) is 0 Å². The SMILES string of the molecule is C=C(C)C(=O)OCC12CCC(O1)C1C(=O)OCC12. The highest BCUT2D eigenvalue weighted by Crippen LogP contribution is 2.54. The van der Waals surface area contributed by atoms with E-state index < -0.39 is 11.6 Å². The van der Waals surface area contributed by atoms with E-state index in [-0.39, 0.29) is 30.5 Å². The van der Waals surface area contributed by atoms with E-state index in [1.807, 2.05) is 0 Å². The van der Waals surface area contributed by atoms with Gasteiger partial charge in [0.2, 0.25) is 0 Å². The first kappa shape index (κ1) is 11.7. The number of hydrogen-bond acceptors (Lipinski definition) is 5. The fourth-order valence-corrected chi connectivity index (χ4v) is 3.28. The molecule has 0 aromatic heterocycles. The Hall–Kier alpha value is -1.36. The van der Waals surface area contributed by atoms with Crippen LogP contribution >= 0.6 is 0 Å². The summed E-state index contributed by atoms with van der Waals surface area (Å²) in [5.74, 6) is -0.716. The lowest BCUT2D eigenvalue weighted by atomic mass is 9.73. The maximum atomic E-state index is 11.6. The van der Waals surface area contributed by atoms with Gasteiger partial charge in [-0.3, -0.25) is 4.79 Å². The number of cyclic esters (lactones) is 1. The molecular formula is C13H16O5. The molecule has 0 radical (unpaired) electrons. The van der Waals surface area contributed by atoms with Gasteiger partial charge in [-0.1, -0.05) is 6.58 Å². The fourth-order valence-electron chi connectivity index (χ4n) is 3.28.